The van der Waals surface area contributed by atoms with Gasteiger partial charge in [0.05, 0.1) is 31.1 Å². The number of aromatic amines is 1. The van der Waals surface area contributed by atoms with Gasteiger partial charge in [-0.25, -0.2) is 4.98 Å². The number of rotatable bonds is 5. The number of amides is 2. The highest BCUT2D eigenvalue weighted by Gasteiger charge is 2.33. The summed E-state index contributed by atoms with van der Waals surface area (Å²) in [6, 6.07) is 6.71. The van der Waals surface area contributed by atoms with Crippen LogP contribution in [0.15, 0.2) is 24.3 Å². The second kappa shape index (κ2) is 7.31. The number of benzene rings is 1. The lowest BCUT2D eigenvalue weighted by atomic mass is 10.1. The van der Waals surface area contributed by atoms with Gasteiger partial charge in [0.25, 0.3) is 0 Å². The molecule has 132 valence electrons. The van der Waals surface area contributed by atoms with Crippen molar-refractivity contribution >= 4 is 34.8 Å². The first kappa shape index (κ1) is 16.9. The number of anilines is 1. The Balaban J connectivity index is 1.65. The molecule has 1 aromatic heterocycles. The monoisotopic (exact) mass is 345 g/mol. The molecule has 9 heteroatoms. The number of ether oxygens (including phenoxy) is 1. The van der Waals surface area contributed by atoms with E-state index < -0.39 is 12.0 Å². The van der Waals surface area contributed by atoms with E-state index in [1.807, 2.05) is 24.3 Å². The number of fused-ring (bicyclic) bond motifs is 1. The Morgan fingerprint density at radius 2 is 2.20 bits per heavy atom. The minimum absolute atomic E-state index is 0.0217. The van der Waals surface area contributed by atoms with E-state index in [4.69, 9.17) is 0 Å². The van der Waals surface area contributed by atoms with Gasteiger partial charge < -0.3 is 15.0 Å². The summed E-state index contributed by atoms with van der Waals surface area (Å²) in [6.45, 7) is 0.876. The maximum Gasteiger partial charge on any atom is 0.307 e. The second-order valence-corrected chi connectivity index (χ2v) is 5.71. The van der Waals surface area contributed by atoms with Crippen LogP contribution in [-0.4, -0.2) is 65.4 Å². The van der Waals surface area contributed by atoms with E-state index in [0.29, 0.717) is 19.0 Å². The largest absolute Gasteiger partial charge is 0.469 e. The SMILES string of the molecule is COC(=O)C[C@H]1C(=O)NCCN1CC(=O)Nc1nc2ccccc2[nH]1. The number of carbonyl (C=O) groups excluding carboxylic acids is 3. The summed E-state index contributed by atoms with van der Waals surface area (Å²) in [6.07, 6.45) is -0.0970. The Morgan fingerprint density at radius 1 is 1.40 bits per heavy atom. The number of carbonyl (C=O) groups is 3. The average Bonchev–Trinajstić information content (AvgIpc) is 2.99. The molecule has 1 saturated heterocycles. The number of nitrogens with zero attached hydrogens (tertiary/aromatic N) is 2. The molecule has 2 amide bonds. The molecule has 0 aliphatic carbocycles. The summed E-state index contributed by atoms with van der Waals surface area (Å²) in [7, 11) is 1.27. The molecule has 1 aromatic carbocycles. The predicted octanol–water partition coefficient (Wildman–Crippen LogP) is -0.135. The number of H-pyrrole nitrogens is 1. The third-order valence-electron chi connectivity index (χ3n) is 4.02. The van der Waals surface area contributed by atoms with Gasteiger partial charge in [-0.15, -0.1) is 0 Å². The van der Waals surface area contributed by atoms with Crippen LogP contribution in [0, 0.1) is 0 Å². The summed E-state index contributed by atoms with van der Waals surface area (Å²) in [5, 5.41) is 5.38. The van der Waals surface area contributed by atoms with Crippen LogP contribution < -0.4 is 10.6 Å². The fourth-order valence-electron chi connectivity index (χ4n) is 2.78. The minimum atomic E-state index is -0.720. The molecular weight excluding hydrogens is 326 g/mol. The van der Waals surface area contributed by atoms with Gasteiger partial charge in [0.1, 0.15) is 6.04 Å². The van der Waals surface area contributed by atoms with Crippen LogP contribution in [0.1, 0.15) is 6.42 Å². The topological polar surface area (TPSA) is 116 Å². The molecule has 1 fully saturated rings. The summed E-state index contributed by atoms with van der Waals surface area (Å²) < 4.78 is 4.62. The van der Waals surface area contributed by atoms with E-state index in [-0.39, 0.29) is 24.8 Å². The zero-order valence-electron chi connectivity index (χ0n) is 13.7. The Morgan fingerprint density at radius 3 is 2.96 bits per heavy atom. The van der Waals surface area contributed by atoms with Crippen LogP contribution in [0.4, 0.5) is 5.95 Å². The van der Waals surface area contributed by atoms with Crippen molar-refractivity contribution in [2.75, 3.05) is 32.1 Å². The first-order valence-electron chi connectivity index (χ1n) is 7.90. The minimum Gasteiger partial charge on any atom is -0.469 e. The Labute approximate surface area is 143 Å². The Kier molecular flexibility index (Phi) is 4.94. The number of piperazine rings is 1. The third-order valence-corrected chi connectivity index (χ3v) is 4.02. The number of para-hydroxylation sites is 2. The third kappa shape index (κ3) is 3.94. The molecule has 0 radical (unpaired) electrons. The number of imidazole rings is 1. The van der Waals surface area contributed by atoms with Gasteiger partial charge in [0.15, 0.2) is 0 Å². The smallest absolute Gasteiger partial charge is 0.307 e. The first-order valence-corrected chi connectivity index (χ1v) is 7.90. The summed E-state index contributed by atoms with van der Waals surface area (Å²) in [4.78, 5) is 44.8. The van der Waals surface area contributed by atoms with Crippen molar-refractivity contribution < 1.29 is 19.1 Å². The fourth-order valence-corrected chi connectivity index (χ4v) is 2.78. The van der Waals surface area contributed by atoms with Crippen LogP contribution in [-0.2, 0) is 19.1 Å². The van der Waals surface area contributed by atoms with Crippen molar-refractivity contribution in [3.63, 3.8) is 0 Å². The maximum absolute atomic E-state index is 12.3. The van der Waals surface area contributed by atoms with Crippen LogP contribution in [0.25, 0.3) is 11.0 Å². The molecule has 25 heavy (non-hydrogen) atoms. The number of methoxy groups -OCH3 is 1. The zero-order chi connectivity index (χ0) is 17.8. The van der Waals surface area contributed by atoms with E-state index in [0.717, 1.165) is 11.0 Å². The number of esters is 1. The molecule has 1 atom stereocenters. The van der Waals surface area contributed by atoms with Gasteiger partial charge in [0.2, 0.25) is 17.8 Å². The van der Waals surface area contributed by atoms with Crippen molar-refractivity contribution in [2.45, 2.75) is 12.5 Å². The molecule has 9 nitrogen and oxygen atoms in total. The normalized spacial score (nSPS) is 18.0. The highest BCUT2D eigenvalue weighted by Crippen LogP contribution is 2.14. The van der Waals surface area contributed by atoms with Crippen LogP contribution in [0.3, 0.4) is 0 Å². The number of aromatic nitrogens is 2. The quantitative estimate of drug-likeness (QED) is 0.650. The lowest BCUT2D eigenvalue weighted by Gasteiger charge is -2.33. The van der Waals surface area contributed by atoms with E-state index in [9.17, 15) is 14.4 Å². The number of hydrogen-bond donors (Lipinski definition) is 3. The molecule has 0 unspecified atom stereocenters. The van der Waals surface area contributed by atoms with E-state index in [1.54, 1.807) is 4.90 Å². The molecule has 0 bridgehead atoms. The molecule has 2 aromatic rings. The Hall–Kier alpha value is -2.94. The van der Waals surface area contributed by atoms with E-state index in [2.05, 4.69) is 25.3 Å². The predicted molar refractivity (Wildman–Crippen MR) is 89.7 cm³/mol. The maximum atomic E-state index is 12.3. The lowest BCUT2D eigenvalue weighted by molar-refractivity contribution is -0.146. The summed E-state index contributed by atoms with van der Waals surface area (Å²) in [5.74, 6) is -0.751. The first-order chi connectivity index (χ1) is 12.1. The molecule has 0 spiro atoms. The van der Waals surface area contributed by atoms with Crippen molar-refractivity contribution in [3.8, 4) is 0 Å². The van der Waals surface area contributed by atoms with Crippen molar-refractivity contribution in [2.24, 2.45) is 0 Å². The van der Waals surface area contributed by atoms with Gasteiger partial charge in [-0.1, -0.05) is 12.1 Å². The fraction of sp³-hybridized carbons (Fsp3) is 0.375. The number of nitrogens with one attached hydrogen (secondary N) is 3. The number of hydrogen-bond acceptors (Lipinski definition) is 6. The average molecular weight is 345 g/mol. The van der Waals surface area contributed by atoms with Gasteiger partial charge in [-0.3, -0.25) is 24.6 Å². The highest BCUT2D eigenvalue weighted by molar-refractivity contribution is 5.93. The van der Waals surface area contributed by atoms with Crippen LogP contribution in [0.2, 0.25) is 0 Å². The van der Waals surface area contributed by atoms with Gasteiger partial charge in [-0.05, 0) is 12.1 Å². The standard InChI is InChI=1S/C16H19N5O4/c1-25-14(23)8-12-15(24)17-6-7-21(12)9-13(22)20-16-18-10-4-2-3-5-11(10)19-16/h2-5,12H,6-9H2,1H3,(H,17,24)(H2,18,19,20,22)/t12-/m0/s1. The summed E-state index contributed by atoms with van der Waals surface area (Å²) >= 11 is 0. The zero-order valence-corrected chi connectivity index (χ0v) is 13.7. The van der Waals surface area contributed by atoms with Crippen molar-refractivity contribution in [1.82, 2.24) is 20.2 Å². The molecular formula is C16H19N5O4. The Bertz CT molecular complexity index is 770. The lowest BCUT2D eigenvalue weighted by Crippen LogP contribution is -2.57. The van der Waals surface area contributed by atoms with Gasteiger partial charge >= 0.3 is 5.97 Å². The molecule has 1 aliphatic rings. The van der Waals surface area contributed by atoms with Crippen molar-refractivity contribution in [1.29, 1.82) is 0 Å². The van der Waals surface area contributed by atoms with E-state index in [1.165, 1.54) is 7.11 Å². The molecule has 3 N–H and O–H groups in total. The summed E-state index contributed by atoms with van der Waals surface area (Å²) in [5.41, 5.74) is 1.57. The van der Waals surface area contributed by atoms with Crippen molar-refractivity contribution in [3.05, 3.63) is 24.3 Å². The molecule has 1 aliphatic heterocycles. The molecule has 2 heterocycles. The van der Waals surface area contributed by atoms with E-state index >= 15 is 0 Å². The highest BCUT2D eigenvalue weighted by atomic mass is 16.5. The van der Waals surface area contributed by atoms with Crippen LogP contribution in [0.5, 0.6) is 0 Å². The second-order valence-electron chi connectivity index (χ2n) is 5.71. The van der Waals surface area contributed by atoms with Crippen LogP contribution >= 0.6 is 0 Å². The molecule has 3 rings (SSSR count). The van der Waals surface area contributed by atoms with Gasteiger partial charge in [-0.2, -0.15) is 0 Å². The molecule has 0 saturated carbocycles. The van der Waals surface area contributed by atoms with Gasteiger partial charge in [0, 0.05) is 13.1 Å².